The van der Waals surface area contributed by atoms with Crippen molar-refractivity contribution in [3.8, 4) is 0 Å². The zero-order chi connectivity index (χ0) is 29.3. The van der Waals surface area contributed by atoms with E-state index in [1.54, 1.807) is 30.3 Å². The first-order chi connectivity index (χ1) is 19.1. The maximum absolute atomic E-state index is 14.2. The van der Waals surface area contributed by atoms with Gasteiger partial charge in [-0.3, -0.25) is 13.9 Å². The van der Waals surface area contributed by atoms with Crippen molar-refractivity contribution in [2.75, 3.05) is 17.4 Å². The van der Waals surface area contributed by atoms with Crippen molar-refractivity contribution in [2.45, 2.75) is 71.4 Å². The number of rotatable bonds is 13. The van der Waals surface area contributed by atoms with E-state index in [0.717, 1.165) is 39.4 Å². The van der Waals surface area contributed by atoms with Crippen molar-refractivity contribution in [3.05, 3.63) is 95.1 Å². The summed E-state index contributed by atoms with van der Waals surface area (Å²) in [5.41, 5.74) is 4.07. The first-order valence-corrected chi connectivity index (χ1v) is 15.3. The third-order valence-electron chi connectivity index (χ3n) is 6.92. The highest BCUT2D eigenvalue weighted by Gasteiger charge is 2.33. The molecule has 0 bridgehead atoms. The molecule has 0 aromatic heterocycles. The summed E-state index contributed by atoms with van der Waals surface area (Å²) in [4.78, 5) is 29.1. The van der Waals surface area contributed by atoms with Crippen LogP contribution in [0.4, 0.5) is 5.69 Å². The Balaban J connectivity index is 2.07. The van der Waals surface area contributed by atoms with Crippen LogP contribution in [-0.4, -0.2) is 44.3 Å². The van der Waals surface area contributed by atoms with E-state index in [2.05, 4.69) is 5.32 Å². The predicted molar refractivity (Wildman–Crippen MR) is 161 cm³/mol. The number of hydrogen-bond acceptors (Lipinski definition) is 4. The number of benzene rings is 3. The van der Waals surface area contributed by atoms with Crippen LogP contribution in [0.15, 0.2) is 77.7 Å². The van der Waals surface area contributed by atoms with Crippen LogP contribution in [0.25, 0.3) is 0 Å². The van der Waals surface area contributed by atoms with Crippen LogP contribution in [-0.2, 0) is 26.2 Å². The molecule has 3 rings (SSSR count). The Morgan fingerprint density at radius 1 is 0.875 bits per heavy atom. The zero-order valence-corrected chi connectivity index (χ0v) is 25.0. The van der Waals surface area contributed by atoms with Gasteiger partial charge in [-0.1, -0.05) is 68.8 Å². The van der Waals surface area contributed by atoms with Gasteiger partial charge in [-0.2, -0.15) is 0 Å². The second-order valence-corrected chi connectivity index (χ2v) is 12.0. The molecule has 0 saturated carbocycles. The molecular weight excluding hydrogens is 522 g/mol. The highest BCUT2D eigenvalue weighted by molar-refractivity contribution is 7.92. The van der Waals surface area contributed by atoms with Gasteiger partial charge in [-0.25, -0.2) is 8.42 Å². The summed E-state index contributed by atoms with van der Waals surface area (Å²) < 4.78 is 29.1. The van der Waals surface area contributed by atoms with Crippen molar-refractivity contribution in [2.24, 2.45) is 0 Å². The molecule has 0 fully saturated rings. The summed E-state index contributed by atoms with van der Waals surface area (Å²) in [7, 11) is -4.08. The molecule has 40 heavy (non-hydrogen) atoms. The fourth-order valence-corrected chi connectivity index (χ4v) is 6.16. The highest BCUT2D eigenvalue weighted by atomic mass is 32.2. The third kappa shape index (κ3) is 7.72. The Labute approximate surface area is 239 Å². The molecule has 2 amide bonds. The van der Waals surface area contributed by atoms with E-state index in [0.29, 0.717) is 18.7 Å². The quantitative estimate of drug-likeness (QED) is 0.277. The van der Waals surface area contributed by atoms with Crippen LogP contribution < -0.4 is 9.62 Å². The van der Waals surface area contributed by atoms with Gasteiger partial charge in [0.05, 0.1) is 10.6 Å². The molecule has 3 aromatic carbocycles. The minimum atomic E-state index is -4.08. The number of aryl methyl sites for hydroxylation is 3. The van der Waals surface area contributed by atoms with E-state index in [9.17, 15) is 18.0 Å². The minimum Gasteiger partial charge on any atom is -0.354 e. The summed E-state index contributed by atoms with van der Waals surface area (Å²) in [5.74, 6) is -0.679. The van der Waals surface area contributed by atoms with E-state index < -0.39 is 28.5 Å². The van der Waals surface area contributed by atoms with Crippen LogP contribution >= 0.6 is 0 Å². The van der Waals surface area contributed by atoms with E-state index in [-0.39, 0.29) is 17.3 Å². The zero-order valence-electron chi connectivity index (χ0n) is 24.2. The van der Waals surface area contributed by atoms with Gasteiger partial charge in [0.15, 0.2) is 0 Å². The molecule has 214 valence electrons. The molecule has 8 heteroatoms. The number of nitrogens with zero attached hydrogens (tertiary/aromatic N) is 2. The lowest BCUT2D eigenvalue weighted by atomic mass is 10.1. The van der Waals surface area contributed by atoms with Crippen molar-refractivity contribution < 1.29 is 18.0 Å². The molecule has 1 N–H and O–H groups in total. The molecule has 1 unspecified atom stereocenters. The van der Waals surface area contributed by atoms with Gasteiger partial charge in [0.25, 0.3) is 10.0 Å². The monoisotopic (exact) mass is 563 g/mol. The van der Waals surface area contributed by atoms with Crippen LogP contribution in [0.1, 0.15) is 55.4 Å². The van der Waals surface area contributed by atoms with Crippen molar-refractivity contribution in [1.82, 2.24) is 10.2 Å². The van der Waals surface area contributed by atoms with Crippen LogP contribution in [0.5, 0.6) is 0 Å². The lowest BCUT2D eigenvalue weighted by Gasteiger charge is -2.33. The average Bonchev–Trinajstić information content (AvgIpc) is 2.92. The van der Waals surface area contributed by atoms with E-state index >= 15 is 0 Å². The lowest BCUT2D eigenvalue weighted by molar-refractivity contribution is -0.140. The summed E-state index contributed by atoms with van der Waals surface area (Å²) in [6.45, 7) is 9.93. The fourth-order valence-electron chi connectivity index (χ4n) is 4.74. The third-order valence-corrected chi connectivity index (χ3v) is 8.71. The van der Waals surface area contributed by atoms with Crippen molar-refractivity contribution in [1.29, 1.82) is 0 Å². The van der Waals surface area contributed by atoms with Gasteiger partial charge in [-0.05, 0) is 80.1 Å². The number of hydrogen-bond donors (Lipinski definition) is 1. The van der Waals surface area contributed by atoms with Gasteiger partial charge in [0, 0.05) is 13.1 Å². The molecule has 3 aromatic rings. The molecule has 0 heterocycles. The molecule has 7 nitrogen and oxygen atoms in total. The van der Waals surface area contributed by atoms with Crippen molar-refractivity contribution >= 4 is 27.5 Å². The number of amides is 2. The molecule has 0 aliphatic carbocycles. The van der Waals surface area contributed by atoms with Gasteiger partial charge >= 0.3 is 0 Å². The second-order valence-electron chi connectivity index (χ2n) is 10.2. The number of unbranched alkanes of at least 4 members (excludes halogenated alkanes) is 1. The second kappa shape index (κ2) is 14.1. The Morgan fingerprint density at radius 2 is 1.50 bits per heavy atom. The Hall–Kier alpha value is -3.65. The first kappa shape index (κ1) is 30.9. The Kier molecular flexibility index (Phi) is 10.9. The Bertz CT molecular complexity index is 1390. The number of carbonyl (C=O) groups is 2. The minimum absolute atomic E-state index is 0.0942. The molecule has 0 saturated heterocycles. The number of anilines is 1. The first-order valence-electron chi connectivity index (χ1n) is 13.9. The van der Waals surface area contributed by atoms with Gasteiger partial charge in [-0.15, -0.1) is 0 Å². The maximum atomic E-state index is 14.2. The largest absolute Gasteiger partial charge is 0.354 e. The average molecular weight is 564 g/mol. The SMILES string of the molecule is CCCCNC(=O)C(CC)N(Cc1ccccc1C)C(=O)CN(c1cc(C)cc(C)c1)S(=O)(=O)c1ccccc1. The van der Waals surface area contributed by atoms with E-state index in [1.165, 1.54) is 17.0 Å². The van der Waals surface area contributed by atoms with Crippen LogP contribution in [0, 0.1) is 20.8 Å². The number of nitrogens with one attached hydrogen (secondary N) is 1. The number of carbonyl (C=O) groups excluding carboxylic acids is 2. The lowest BCUT2D eigenvalue weighted by Crippen LogP contribution is -2.52. The summed E-state index contributed by atoms with van der Waals surface area (Å²) >= 11 is 0. The summed E-state index contributed by atoms with van der Waals surface area (Å²) in [6, 6.07) is 20.6. The summed E-state index contributed by atoms with van der Waals surface area (Å²) in [5, 5.41) is 2.96. The number of sulfonamides is 1. The molecule has 1 atom stereocenters. The van der Waals surface area contributed by atoms with Gasteiger partial charge in [0.2, 0.25) is 11.8 Å². The molecular formula is C32H41N3O4S. The standard InChI is InChI=1S/C32H41N3O4S/c1-6-8-18-33-32(37)30(7-2)34(22-27-15-13-12-14-26(27)5)31(36)23-35(28-20-24(3)19-25(4)21-28)40(38,39)29-16-10-9-11-17-29/h9-17,19-21,30H,6-8,18,22-23H2,1-5H3,(H,33,37). The normalized spacial score (nSPS) is 12.0. The van der Waals surface area contributed by atoms with E-state index in [4.69, 9.17) is 0 Å². The van der Waals surface area contributed by atoms with Gasteiger partial charge < -0.3 is 10.2 Å². The van der Waals surface area contributed by atoms with Crippen molar-refractivity contribution in [3.63, 3.8) is 0 Å². The highest BCUT2D eigenvalue weighted by Crippen LogP contribution is 2.27. The summed E-state index contributed by atoms with van der Waals surface area (Å²) in [6.07, 6.45) is 2.17. The topological polar surface area (TPSA) is 86.8 Å². The van der Waals surface area contributed by atoms with Crippen LogP contribution in [0.2, 0.25) is 0 Å². The Morgan fingerprint density at radius 3 is 2.10 bits per heavy atom. The smallest absolute Gasteiger partial charge is 0.264 e. The molecule has 0 aliphatic heterocycles. The maximum Gasteiger partial charge on any atom is 0.264 e. The van der Waals surface area contributed by atoms with E-state index in [1.807, 2.05) is 65.0 Å². The fraction of sp³-hybridized carbons (Fsp3) is 0.375. The van der Waals surface area contributed by atoms with Crippen LogP contribution in [0.3, 0.4) is 0 Å². The predicted octanol–water partition coefficient (Wildman–Crippen LogP) is 5.53. The molecule has 0 aliphatic rings. The van der Waals surface area contributed by atoms with Gasteiger partial charge in [0.1, 0.15) is 12.6 Å². The molecule has 0 spiro atoms. The molecule has 0 radical (unpaired) electrons.